The molecule has 0 spiro atoms. The van der Waals surface area contributed by atoms with Crippen molar-refractivity contribution in [3.8, 4) is 0 Å². The lowest BCUT2D eigenvalue weighted by Gasteiger charge is -2.13. The Morgan fingerprint density at radius 1 is 1.30 bits per heavy atom. The molecule has 5 nitrogen and oxygen atoms in total. The van der Waals surface area contributed by atoms with Gasteiger partial charge in [0, 0.05) is 25.5 Å². The fourth-order valence-corrected chi connectivity index (χ4v) is 1.84. The first-order valence-electron chi connectivity index (χ1n) is 6.92. The Bertz CT molecular complexity index is 621. The summed E-state index contributed by atoms with van der Waals surface area (Å²) in [5, 5.41) is 0. The smallest absolute Gasteiger partial charge is 0.334 e. The molecule has 23 heavy (non-hydrogen) atoms. The van der Waals surface area contributed by atoms with E-state index < -0.39 is 11.7 Å². The topological polar surface area (TPSA) is 65.1 Å². The van der Waals surface area contributed by atoms with Gasteiger partial charge >= 0.3 is 6.18 Å². The zero-order valence-electron chi connectivity index (χ0n) is 12.3. The fraction of sp³-hybridized carbons (Fsp3) is 0.267. The van der Waals surface area contributed by atoms with E-state index >= 15 is 0 Å². The summed E-state index contributed by atoms with van der Waals surface area (Å²) in [6.45, 7) is 1.10. The second kappa shape index (κ2) is 7.80. The number of nitrogens with zero attached hydrogens (tertiary/aromatic N) is 2. The van der Waals surface area contributed by atoms with Crippen LogP contribution in [0, 0.1) is 0 Å². The molecule has 1 heterocycles. The van der Waals surface area contributed by atoms with Gasteiger partial charge < -0.3 is 10.3 Å². The Hall–Kier alpha value is -2.32. The van der Waals surface area contributed by atoms with Gasteiger partial charge in [0.2, 0.25) is 0 Å². The molecule has 0 radical (unpaired) electrons. The standard InChI is InChI=1S/C15H17F3N4O/c16-15(17,18)13-3-1-12(2-4-13)14(21-23-10-6-19)5-8-22-9-7-20-11-22/h1-5,7,9,11,21H,6,8,10,19H2. The van der Waals surface area contributed by atoms with E-state index in [1.54, 1.807) is 24.8 Å². The average Bonchev–Trinajstić information content (AvgIpc) is 3.03. The van der Waals surface area contributed by atoms with Crippen LogP contribution in [0.2, 0.25) is 0 Å². The van der Waals surface area contributed by atoms with E-state index in [9.17, 15) is 13.2 Å². The molecule has 124 valence electrons. The van der Waals surface area contributed by atoms with Gasteiger partial charge in [0.25, 0.3) is 0 Å². The molecular weight excluding hydrogens is 309 g/mol. The summed E-state index contributed by atoms with van der Waals surface area (Å²) in [6.07, 6.45) is 2.50. The maximum absolute atomic E-state index is 12.6. The molecule has 8 heteroatoms. The molecule has 0 bridgehead atoms. The van der Waals surface area contributed by atoms with E-state index in [2.05, 4.69) is 10.5 Å². The van der Waals surface area contributed by atoms with Crippen LogP contribution in [0.3, 0.4) is 0 Å². The summed E-state index contributed by atoms with van der Waals surface area (Å²) >= 11 is 0. The molecule has 1 aromatic heterocycles. The number of allylic oxidation sites excluding steroid dienone is 1. The number of hydrogen-bond donors (Lipinski definition) is 2. The number of aromatic nitrogens is 2. The van der Waals surface area contributed by atoms with Crippen LogP contribution in [0.15, 0.2) is 49.1 Å². The summed E-state index contributed by atoms with van der Waals surface area (Å²) in [4.78, 5) is 9.10. The van der Waals surface area contributed by atoms with Crippen molar-refractivity contribution < 1.29 is 18.0 Å². The van der Waals surface area contributed by atoms with Crippen molar-refractivity contribution in [3.05, 3.63) is 60.2 Å². The highest BCUT2D eigenvalue weighted by atomic mass is 19.4. The summed E-state index contributed by atoms with van der Waals surface area (Å²) < 4.78 is 39.7. The van der Waals surface area contributed by atoms with Gasteiger partial charge in [-0.2, -0.15) is 13.2 Å². The van der Waals surface area contributed by atoms with Crippen molar-refractivity contribution >= 4 is 5.70 Å². The highest BCUT2D eigenvalue weighted by molar-refractivity contribution is 5.63. The van der Waals surface area contributed by atoms with Gasteiger partial charge in [0.05, 0.1) is 24.2 Å². The van der Waals surface area contributed by atoms with Crippen LogP contribution in [0.25, 0.3) is 5.70 Å². The summed E-state index contributed by atoms with van der Waals surface area (Å²) in [7, 11) is 0. The predicted molar refractivity (Wildman–Crippen MR) is 79.8 cm³/mol. The van der Waals surface area contributed by atoms with Crippen LogP contribution in [-0.4, -0.2) is 22.7 Å². The van der Waals surface area contributed by atoms with Gasteiger partial charge in [-0.05, 0) is 23.8 Å². The van der Waals surface area contributed by atoms with E-state index in [4.69, 9.17) is 10.6 Å². The predicted octanol–water partition coefficient (Wildman–Crippen LogP) is 2.42. The summed E-state index contributed by atoms with van der Waals surface area (Å²) in [6, 6.07) is 4.85. The molecule has 2 rings (SSSR count). The first kappa shape index (κ1) is 17.0. The van der Waals surface area contributed by atoms with Gasteiger partial charge in [0.15, 0.2) is 0 Å². The van der Waals surface area contributed by atoms with Crippen LogP contribution in [0.1, 0.15) is 11.1 Å². The molecule has 0 atom stereocenters. The SMILES string of the molecule is NCCONC(=CCn1ccnc1)c1ccc(C(F)(F)F)cc1. The minimum Gasteiger partial charge on any atom is -0.334 e. The number of hydroxylamine groups is 1. The maximum Gasteiger partial charge on any atom is 0.416 e. The molecule has 0 aliphatic rings. The molecule has 2 aromatic rings. The molecule has 3 N–H and O–H groups in total. The molecule has 0 aliphatic carbocycles. The molecule has 0 aliphatic heterocycles. The van der Waals surface area contributed by atoms with Crippen LogP contribution < -0.4 is 11.2 Å². The molecule has 0 unspecified atom stereocenters. The number of nitrogens with two attached hydrogens (primary N) is 1. The zero-order valence-corrected chi connectivity index (χ0v) is 12.3. The van der Waals surface area contributed by atoms with E-state index in [-0.39, 0.29) is 6.61 Å². The first-order valence-corrected chi connectivity index (χ1v) is 6.92. The number of hydrogen-bond acceptors (Lipinski definition) is 4. The van der Waals surface area contributed by atoms with E-state index in [1.165, 1.54) is 12.1 Å². The van der Waals surface area contributed by atoms with Gasteiger partial charge in [0.1, 0.15) is 0 Å². The summed E-state index contributed by atoms with van der Waals surface area (Å²) in [5.41, 5.74) is 8.51. The minimum atomic E-state index is -4.36. The van der Waals surface area contributed by atoms with Crippen LogP contribution in [-0.2, 0) is 17.6 Å². The Labute approximate surface area is 131 Å². The fourth-order valence-electron chi connectivity index (χ4n) is 1.84. The zero-order chi connectivity index (χ0) is 16.7. The lowest BCUT2D eigenvalue weighted by Crippen LogP contribution is -2.19. The maximum atomic E-state index is 12.6. The third kappa shape index (κ3) is 5.11. The average molecular weight is 326 g/mol. The third-order valence-corrected chi connectivity index (χ3v) is 2.99. The Kier molecular flexibility index (Phi) is 5.78. The number of imidazole rings is 1. The van der Waals surface area contributed by atoms with Crippen LogP contribution in [0.5, 0.6) is 0 Å². The highest BCUT2D eigenvalue weighted by Gasteiger charge is 2.30. The second-order valence-electron chi connectivity index (χ2n) is 4.69. The molecule has 0 fully saturated rings. The Balaban J connectivity index is 2.16. The van der Waals surface area contributed by atoms with Gasteiger partial charge in [-0.15, -0.1) is 0 Å². The van der Waals surface area contributed by atoms with Crippen molar-refractivity contribution in [2.45, 2.75) is 12.7 Å². The molecule has 1 aromatic carbocycles. The van der Waals surface area contributed by atoms with E-state index in [1.807, 2.05) is 4.57 Å². The van der Waals surface area contributed by atoms with E-state index in [0.29, 0.717) is 24.4 Å². The largest absolute Gasteiger partial charge is 0.416 e. The molecule has 0 saturated carbocycles. The van der Waals surface area contributed by atoms with Gasteiger partial charge in [-0.25, -0.2) is 4.98 Å². The van der Waals surface area contributed by atoms with Crippen molar-refractivity contribution in [2.24, 2.45) is 5.73 Å². The monoisotopic (exact) mass is 326 g/mol. The van der Waals surface area contributed by atoms with Crippen molar-refractivity contribution in [1.82, 2.24) is 15.0 Å². The highest BCUT2D eigenvalue weighted by Crippen LogP contribution is 2.29. The number of benzene rings is 1. The Morgan fingerprint density at radius 2 is 2.04 bits per heavy atom. The summed E-state index contributed by atoms with van der Waals surface area (Å²) in [5.74, 6) is 0. The van der Waals surface area contributed by atoms with Crippen LogP contribution in [0.4, 0.5) is 13.2 Å². The van der Waals surface area contributed by atoms with Gasteiger partial charge in [-0.3, -0.25) is 10.3 Å². The van der Waals surface area contributed by atoms with Crippen molar-refractivity contribution in [2.75, 3.05) is 13.2 Å². The molecular formula is C15H17F3N4O. The van der Waals surface area contributed by atoms with E-state index in [0.717, 1.165) is 12.1 Å². The number of nitrogens with one attached hydrogen (secondary N) is 1. The lowest BCUT2D eigenvalue weighted by molar-refractivity contribution is -0.137. The third-order valence-electron chi connectivity index (χ3n) is 2.99. The minimum absolute atomic E-state index is 0.281. The number of alkyl halides is 3. The quantitative estimate of drug-likeness (QED) is 0.606. The van der Waals surface area contributed by atoms with Crippen molar-refractivity contribution in [3.63, 3.8) is 0 Å². The first-order chi connectivity index (χ1) is 11.0. The number of halogens is 3. The van der Waals surface area contributed by atoms with Gasteiger partial charge in [-0.1, -0.05) is 12.1 Å². The van der Waals surface area contributed by atoms with Crippen molar-refractivity contribution in [1.29, 1.82) is 0 Å². The molecule has 0 saturated heterocycles. The van der Waals surface area contributed by atoms with Crippen LogP contribution >= 0.6 is 0 Å². The second-order valence-corrected chi connectivity index (χ2v) is 4.69. The lowest BCUT2D eigenvalue weighted by atomic mass is 10.1. The normalized spacial score (nSPS) is 12.4. The molecule has 0 amide bonds. The number of rotatable bonds is 7. The Morgan fingerprint density at radius 3 is 2.61 bits per heavy atom.